The molecule has 4 nitrogen and oxygen atoms in total. The molecule has 1 atom stereocenters. The van der Waals surface area contributed by atoms with Crippen LogP contribution in [-0.4, -0.2) is 34.5 Å². The number of likely N-dealkylation sites (N-methyl/N-ethyl adjacent to an activating group) is 1. The molecule has 0 spiro atoms. The Balaban J connectivity index is 2.11. The predicted molar refractivity (Wildman–Crippen MR) is 82.6 cm³/mol. The Morgan fingerprint density at radius 1 is 1.35 bits per heavy atom. The number of hydrogen-bond acceptors (Lipinski definition) is 4. The average molecular weight is 276 g/mol. The van der Waals surface area contributed by atoms with Gasteiger partial charge in [0.25, 0.3) is 0 Å². The van der Waals surface area contributed by atoms with Gasteiger partial charge in [-0.05, 0) is 31.3 Å². The lowest BCUT2D eigenvalue weighted by Crippen LogP contribution is -2.31. The lowest BCUT2D eigenvalue weighted by Gasteiger charge is -2.34. The Labute approximate surface area is 122 Å². The van der Waals surface area contributed by atoms with Gasteiger partial charge >= 0.3 is 0 Å². The first-order chi connectivity index (χ1) is 9.45. The second-order valence-electron chi connectivity index (χ2n) is 6.62. The number of hydrogen-bond donors (Lipinski definition) is 1. The van der Waals surface area contributed by atoms with E-state index in [0.29, 0.717) is 0 Å². The molecule has 0 fully saturated rings. The summed E-state index contributed by atoms with van der Waals surface area (Å²) in [7, 11) is 0. The third kappa shape index (κ3) is 3.55. The van der Waals surface area contributed by atoms with Gasteiger partial charge in [-0.1, -0.05) is 27.7 Å². The van der Waals surface area contributed by atoms with E-state index in [9.17, 15) is 0 Å². The van der Waals surface area contributed by atoms with E-state index in [1.54, 1.807) is 0 Å². The highest BCUT2D eigenvalue weighted by Gasteiger charge is 2.31. The molecule has 112 valence electrons. The summed E-state index contributed by atoms with van der Waals surface area (Å²) in [5, 5.41) is 0. The average Bonchev–Trinajstić information content (AvgIpc) is 2.38. The summed E-state index contributed by atoms with van der Waals surface area (Å²) < 4.78 is 0. The second-order valence-corrected chi connectivity index (χ2v) is 6.62. The van der Waals surface area contributed by atoms with Crippen molar-refractivity contribution in [1.82, 2.24) is 14.9 Å². The Bertz CT molecular complexity index is 452. The van der Waals surface area contributed by atoms with Crippen molar-refractivity contribution < 1.29 is 0 Å². The second kappa shape index (κ2) is 6.19. The first kappa shape index (κ1) is 15.4. The minimum atomic E-state index is 0.0885. The van der Waals surface area contributed by atoms with Gasteiger partial charge in [-0.15, -0.1) is 0 Å². The van der Waals surface area contributed by atoms with Gasteiger partial charge in [0, 0.05) is 36.5 Å². The topological polar surface area (TPSA) is 55.0 Å². The molecule has 0 bridgehead atoms. The molecular weight excluding hydrogens is 248 g/mol. The van der Waals surface area contributed by atoms with Gasteiger partial charge in [-0.25, -0.2) is 9.97 Å². The van der Waals surface area contributed by atoms with Crippen LogP contribution in [0.1, 0.15) is 57.2 Å². The molecule has 0 saturated carbocycles. The van der Waals surface area contributed by atoms with Crippen molar-refractivity contribution >= 4 is 0 Å². The molecule has 1 aromatic rings. The van der Waals surface area contributed by atoms with Crippen molar-refractivity contribution in [2.75, 3.05) is 19.6 Å². The van der Waals surface area contributed by atoms with Crippen molar-refractivity contribution in [3.05, 3.63) is 23.3 Å². The highest BCUT2D eigenvalue weighted by molar-refractivity contribution is 5.26. The molecular formula is C16H28N4. The van der Waals surface area contributed by atoms with Crippen LogP contribution in [0.5, 0.6) is 0 Å². The maximum Gasteiger partial charge on any atom is 0.129 e. The fraction of sp³-hybridized carbons (Fsp3) is 0.750. The summed E-state index contributed by atoms with van der Waals surface area (Å²) in [5.41, 5.74) is 8.81. The Hall–Kier alpha value is -1.00. The van der Waals surface area contributed by atoms with Crippen LogP contribution in [-0.2, 0) is 12.8 Å². The molecule has 0 amide bonds. The quantitative estimate of drug-likeness (QED) is 0.897. The van der Waals surface area contributed by atoms with Crippen LogP contribution < -0.4 is 5.73 Å². The van der Waals surface area contributed by atoms with Crippen LogP contribution in [0.2, 0.25) is 0 Å². The van der Waals surface area contributed by atoms with E-state index in [1.807, 2.05) is 6.20 Å². The van der Waals surface area contributed by atoms with Crippen LogP contribution in [0.4, 0.5) is 0 Å². The lowest BCUT2D eigenvalue weighted by molar-refractivity contribution is 0.276. The van der Waals surface area contributed by atoms with Gasteiger partial charge < -0.3 is 10.6 Å². The van der Waals surface area contributed by atoms with E-state index in [2.05, 4.69) is 37.6 Å². The van der Waals surface area contributed by atoms with Crippen LogP contribution >= 0.6 is 0 Å². The number of fused-ring (bicyclic) bond motifs is 1. The number of nitrogens with zero attached hydrogens (tertiary/aromatic N) is 3. The zero-order valence-electron chi connectivity index (χ0n) is 13.3. The zero-order chi connectivity index (χ0) is 14.8. The molecule has 4 heteroatoms. The zero-order valence-corrected chi connectivity index (χ0v) is 13.3. The first-order valence-corrected chi connectivity index (χ1v) is 7.78. The van der Waals surface area contributed by atoms with Crippen LogP contribution in [0.25, 0.3) is 0 Å². The van der Waals surface area contributed by atoms with E-state index in [-0.39, 0.29) is 11.5 Å². The first-order valence-electron chi connectivity index (χ1n) is 7.78. The van der Waals surface area contributed by atoms with E-state index in [4.69, 9.17) is 10.7 Å². The summed E-state index contributed by atoms with van der Waals surface area (Å²) in [5.74, 6) is 0.959. The number of aromatic nitrogens is 2. The highest BCUT2D eigenvalue weighted by Crippen LogP contribution is 2.38. The van der Waals surface area contributed by atoms with E-state index in [0.717, 1.165) is 50.3 Å². The fourth-order valence-electron chi connectivity index (χ4n) is 3.07. The Morgan fingerprint density at radius 3 is 2.70 bits per heavy atom. The molecule has 2 N–H and O–H groups in total. The highest BCUT2D eigenvalue weighted by atomic mass is 15.1. The minimum Gasteiger partial charge on any atom is -0.324 e. The standard InChI is InChI=1S/C16H28N4/c1-5-20(6-2)8-7-15-18-11-12-13(17)9-16(3,4)10-14(12)19-15/h11,13H,5-10,17H2,1-4H3. The molecule has 1 aliphatic rings. The lowest BCUT2D eigenvalue weighted by atomic mass is 9.74. The molecule has 20 heavy (non-hydrogen) atoms. The molecule has 1 heterocycles. The van der Waals surface area contributed by atoms with Gasteiger partial charge in [0.1, 0.15) is 5.82 Å². The number of nitrogens with two attached hydrogens (primary N) is 1. The predicted octanol–water partition coefficient (Wildman–Crippen LogP) is 2.33. The Morgan fingerprint density at radius 2 is 2.05 bits per heavy atom. The third-order valence-corrected chi connectivity index (χ3v) is 4.31. The summed E-state index contributed by atoms with van der Waals surface area (Å²) >= 11 is 0. The maximum absolute atomic E-state index is 6.25. The fourth-order valence-corrected chi connectivity index (χ4v) is 3.07. The van der Waals surface area contributed by atoms with Crippen molar-refractivity contribution in [2.24, 2.45) is 11.1 Å². The molecule has 0 aromatic carbocycles. The van der Waals surface area contributed by atoms with Gasteiger partial charge in [0.05, 0.1) is 0 Å². The van der Waals surface area contributed by atoms with Crippen LogP contribution in [0, 0.1) is 5.41 Å². The molecule has 0 aliphatic heterocycles. The van der Waals surface area contributed by atoms with Gasteiger partial charge in [0.15, 0.2) is 0 Å². The molecule has 0 saturated heterocycles. The van der Waals surface area contributed by atoms with Gasteiger partial charge in [-0.3, -0.25) is 0 Å². The minimum absolute atomic E-state index is 0.0885. The molecule has 0 radical (unpaired) electrons. The van der Waals surface area contributed by atoms with Crippen molar-refractivity contribution in [1.29, 1.82) is 0 Å². The van der Waals surface area contributed by atoms with Gasteiger partial charge in [0.2, 0.25) is 0 Å². The summed E-state index contributed by atoms with van der Waals surface area (Å²) in [6.07, 6.45) is 4.91. The summed E-state index contributed by atoms with van der Waals surface area (Å²) in [6.45, 7) is 12.1. The maximum atomic E-state index is 6.25. The van der Waals surface area contributed by atoms with Crippen molar-refractivity contribution in [3.63, 3.8) is 0 Å². The van der Waals surface area contributed by atoms with Gasteiger partial charge in [-0.2, -0.15) is 0 Å². The number of rotatable bonds is 5. The smallest absolute Gasteiger partial charge is 0.129 e. The molecule has 2 rings (SSSR count). The summed E-state index contributed by atoms with van der Waals surface area (Å²) in [4.78, 5) is 11.7. The SMILES string of the molecule is CCN(CC)CCc1ncc2c(n1)CC(C)(C)CC2N. The third-order valence-electron chi connectivity index (χ3n) is 4.31. The van der Waals surface area contributed by atoms with Crippen molar-refractivity contribution in [2.45, 2.75) is 53.0 Å². The molecule has 1 unspecified atom stereocenters. The largest absolute Gasteiger partial charge is 0.324 e. The normalized spacial score (nSPS) is 21.0. The monoisotopic (exact) mass is 276 g/mol. The summed E-state index contributed by atoms with van der Waals surface area (Å²) in [6, 6.07) is 0.0885. The van der Waals surface area contributed by atoms with E-state index in [1.165, 1.54) is 5.69 Å². The van der Waals surface area contributed by atoms with E-state index >= 15 is 0 Å². The molecule has 1 aromatic heterocycles. The van der Waals surface area contributed by atoms with Crippen LogP contribution in [0.3, 0.4) is 0 Å². The van der Waals surface area contributed by atoms with E-state index < -0.39 is 0 Å². The molecule has 1 aliphatic carbocycles. The van der Waals surface area contributed by atoms with Crippen molar-refractivity contribution in [3.8, 4) is 0 Å². The van der Waals surface area contributed by atoms with Crippen LogP contribution in [0.15, 0.2) is 6.20 Å². The Kier molecular flexibility index (Phi) is 4.76.